The Hall–Kier alpha value is -1.95. The van der Waals surface area contributed by atoms with Crippen molar-refractivity contribution in [1.29, 1.82) is 0 Å². The molecule has 2 aromatic rings. The second-order valence-electron chi connectivity index (χ2n) is 5.44. The first-order chi connectivity index (χ1) is 9.56. The van der Waals surface area contributed by atoms with Gasteiger partial charge in [-0.05, 0) is 26.8 Å². The molecule has 106 valence electrons. The van der Waals surface area contributed by atoms with Crippen LogP contribution >= 0.6 is 0 Å². The van der Waals surface area contributed by atoms with Gasteiger partial charge in [0.15, 0.2) is 5.65 Å². The number of aromatic nitrogens is 3. The average Bonchev–Trinajstić information content (AvgIpc) is 2.81. The summed E-state index contributed by atoms with van der Waals surface area (Å²) in [6, 6.07) is 2.28. The van der Waals surface area contributed by atoms with E-state index in [4.69, 9.17) is 0 Å². The Kier molecular flexibility index (Phi) is 3.17. The number of carbonyl (C=O) groups is 1. The number of rotatable bonds is 1. The summed E-state index contributed by atoms with van der Waals surface area (Å²) in [4.78, 5) is 19.0. The lowest BCUT2D eigenvalue weighted by molar-refractivity contribution is 0.0711. The Labute approximate surface area is 117 Å². The summed E-state index contributed by atoms with van der Waals surface area (Å²) in [6.07, 6.45) is 1.63. The lowest BCUT2D eigenvalue weighted by Gasteiger charge is -2.31. The van der Waals surface area contributed by atoms with Gasteiger partial charge in [-0.1, -0.05) is 0 Å². The van der Waals surface area contributed by atoms with E-state index in [9.17, 15) is 4.79 Å². The summed E-state index contributed by atoms with van der Waals surface area (Å²) in [5, 5.41) is 7.62. The number of piperazine rings is 1. The van der Waals surface area contributed by atoms with Crippen molar-refractivity contribution in [3.63, 3.8) is 0 Å². The molecule has 2 aromatic heterocycles. The van der Waals surface area contributed by atoms with Crippen molar-refractivity contribution >= 4 is 11.6 Å². The lowest BCUT2D eigenvalue weighted by Crippen LogP contribution is -2.51. The van der Waals surface area contributed by atoms with Crippen molar-refractivity contribution in [1.82, 2.24) is 24.8 Å². The number of hydrogen-bond donors (Lipinski definition) is 1. The van der Waals surface area contributed by atoms with Crippen LogP contribution in [0.3, 0.4) is 0 Å². The molecule has 0 bridgehead atoms. The Balaban J connectivity index is 1.99. The SMILES string of the molecule is Cc1cc(C)n2ncc(C(=O)N3CCNC(C)C3)c2n1. The van der Waals surface area contributed by atoms with E-state index in [2.05, 4.69) is 22.3 Å². The van der Waals surface area contributed by atoms with Gasteiger partial charge in [0.05, 0.1) is 6.20 Å². The van der Waals surface area contributed by atoms with Gasteiger partial charge in [-0.25, -0.2) is 9.50 Å². The van der Waals surface area contributed by atoms with Crippen molar-refractivity contribution in [2.75, 3.05) is 19.6 Å². The molecule has 1 saturated heterocycles. The normalized spacial score (nSPS) is 19.6. The maximum atomic E-state index is 12.6. The molecule has 20 heavy (non-hydrogen) atoms. The number of nitrogens with one attached hydrogen (secondary N) is 1. The number of fused-ring (bicyclic) bond motifs is 1. The standard InChI is InChI=1S/C14H19N5O/c1-9-6-11(3)19-13(17-9)12(7-16-19)14(20)18-5-4-15-10(2)8-18/h6-7,10,15H,4-5,8H2,1-3H3. The van der Waals surface area contributed by atoms with E-state index in [1.54, 1.807) is 10.7 Å². The Bertz CT molecular complexity index is 663. The number of nitrogens with zero attached hydrogens (tertiary/aromatic N) is 4. The van der Waals surface area contributed by atoms with Gasteiger partial charge in [-0.2, -0.15) is 5.10 Å². The lowest BCUT2D eigenvalue weighted by atomic mass is 10.2. The first-order valence-electron chi connectivity index (χ1n) is 6.91. The highest BCUT2D eigenvalue weighted by Gasteiger charge is 2.25. The minimum Gasteiger partial charge on any atom is -0.336 e. The molecular formula is C14H19N5O. The zero-order valence-corrected chi connectivity index (χ0v) is 12.1. The molecule has 3 rings (SSSR count). The van der Waals surface area contributed by atoms with Gasteiger partial charge in [-0.15, -0.1) is 0 Å². The van der Waals surface area contributed by atoms with Crippen molar-refractivity contribution in [3.05, 3.63) is 29.2 Å². The van der Waals surface area contributed by atoms with Gasteiger partial charge in [0.25, 0.3) is 5.91 Å². The Morgan fingerprint density at radius 3 is 3.00 bits per heavy atom. The van der Waals surface area contributed by atoms with E-state index in [0.29, 0.717) is 17.3 Å². The molecule has 1 aliphatic heterocycles. The largest absolute Gasteiger partial charge is 0.336 e. The van der Waals surface area contributed by atoms with Gasteiger partial charge < -0.3 is 10.2 Å². The monoisotopic (exact) mass is 273 g/mol. The van der Waals surface area contributed by atoms with Gasteiger partial charge >= 0.3 is 0 Å². The molecule has 6 nitrogen and oxygen atoms in total. The predicted molar refractivity (Wildman–Crippen MR) is 75.8 cm³/mol. The molecule has 1 aliphatic rings. The zero-order valence-electron chi connectivity index (χ0n) is 12.1. The number of carbonyl (C=O) groups excluding carboxylic acids is 1. The highest BCUT2D eigenvalue weighted by atomic mass is 16.2. The van der Waals surface area contributed by atoms with E-state index in [0.717, 1.165) is 31.0 Å². The Morgan fingerprint density at radius 2 is 2.25 bits per heavy atom. The molecule has 0 saturated carbocycles. The second kappa shape index (κ2) is 4.86. The maximum Gasteiger partial charge on any atom is 0.259 e. The van der Waals surface area contributed by atoms with E-state index >= 15 is 0 Å². The predicted octanol–water partition coefficient (Wildman–Crippen LogP) is 0.780. The van der Waals surface area contributed by atoms with Crippen LogP contribution in [0, 0.1) is 13.8 Å². The van der Waals surface area contributed by atoms with Crippen LogP contribution < -0.4 is 5.32 Å². The zero-order chi connectivity index (χ0) is 14.3. The summed E-state index contributed by atoms with van der Waals surface area (Å²) in [5.74, 6) is 0.0193. The topological polar surface area (TPSA) is 62.5 Å². The minimum absolute atomic E-state index is 0.0193. The summed E-state index contributed by atoms with van der Waals surface area (Å²) in [5.41, 5.74) is 3.13. The van der Waals surface area contributed by atoms with Gasteiger partial charge in [-0.3, -0.25) is 4.79 Å². The van der Waals surface area contributed by atoms with E-state index in [1.807, 2.05) is 24.8 Å². The summed E-state index contributed by atoms with van der Waals surface area (Å²) in [6.45, 7) is 8.27. The van der Waals surface area contributed by atoms with Crippen LogP contribution in [0.5, 0.6) is 0 Å². The van der Waals surface area contributed by atoms with Crippen molar-refractivity contribution < 1.29 is 4.79 Å². The first kappa shape index (κ1) is 13.1. The molecule has 1 fully saturated rings. The first-order valence-corrected chi connectivity index (χ1v) is 6.91. The molecule has 0 aromatic carbocycles. The molecule has 0 radical (unpaired) electrons. The third kappa shape index (κ3) is 2.16. The molecule has 0 spiro atoms. The fraction of sp³-hybridized carbons (Fsp3) is 0.500. The van der Waals surface area contributed by atoms with Crippen LogP contribution in [0.1, 0.15) is 28.7 Å². The minimum atomic E-state index is 0.0193. The summed E-state index contributed by atoms with van der Waals surface area (Å²) in [7, 11) is 0. The van der Waals surface area contributed by atoms with Crippen LogP contribution in [0.2, 0.25) is 0 Å². The smallest absolute Gasteiger partial charge is 0.259 e. The molecule has 1 amide bonds. The Morgan fingerprint density at radius 1 is 1.45 bits per heavy atom. The van der Waals surface area contributed by atoms with Crippen LogP contribution in [-0.4, -0.2) is 51.1 Å². The summed E-state index contributed by atoms with van der Waals surface area (Å²) < 4.78 is 1.73. The van der Waals surface area contributed by atoms with E-state index in [-0.39, 0.29) is 5.91 Å². The van der Waals surface area contributed by atoms with E-state index < -0.39 is 0 Å². The molecular weight excluding hydrogens is 254 g/mol. The third-order valence-corrected chi connectivity index (χ3v) is 3.66. The van der Waals surface area contributed by atoms with Crippen LogP contribution in [0.15, 0.2) is 12.3 Å². The quantitative estimate of drug-likeness (QED) is 0.834. The highest BCUT2D eigenvalue weighted by molar-refractivity contribution is 5.99. The fourth-order valence-corrected chi connectivity index (χ4v) is 2.71. The maximum absolute atomic E-state index is 12.6. The molecule has 1 N–H and O–H groups in total. The van der Waals surface area contributed by atoms with E-state index in [1.165, 1.54) is 0 Å². The average molecular weight is 273 g/mol. The van der Waals surface area contributed by atoms with Crippen molar-refractivity contribution in [3.8, 4) is 0 Å². The fourth-order valence-electron chi connectivity index (χ4n) is 2.71. The summed E-state index contributed by atoms with van der Waals surface area (Å²) >= 11 is 0. The van der Waals surface area contributed by atoms with Crippen LogP contribution in [0.4, 0.5) is 0 Å². The molecule has 3 heterocycles. The van der Waals surface area contributed by atoms with Crippen molar-refractivity contribution in [2.45, 2.75) is 26.8 Å². The van der Waals surface area contributed by atoms with Gasteiger partial charge in [0.2, 0.25) is 0 Å². The molecule has 1 atom stereocenters. The van der Waals surface area contributed by atoms with Crippen LogP contribution in [0.25, 0.3) is 5.65 Å². The molecule has 0 aliphatic carbocycles. The molecule has 6 heteroatoms. The van der Waals surface area contributed by atoms with Gasteiger partial charge in [0, 0.05) is 37.1 Å². The third-order valence-electron chi connectivity index (χ3n) is 3.66. The van der Waals surface area contributed by atoms with Crippen molar-refractivity contribution in [2.24, 2.45) is 0 Å². The second-order valence-corrected chi connectivity index (χ2v) is 5.44. The number of hydrogen-bond acceptors (Lipinski definition) is 4. The number of aryl methyl sites for hydroxylation is 2. The highest BCUT2D eigenvalue weighted by Crippen LogP contribution is 2.15. The number of amides is 1. The van der Waals surface area contributed by atoms with Gasteiger partial charge in [0.1, 0.15) is 5.56 Å². The molecule has 1 unspecified atom stereocenters. The van der Waals surface area contributed by atoms with Crippen LogP contribution in [-0.2, 0) is 0 Å².